The molecule has 2 saturated carbocycles. The molecule has 0 radical (unpaired) electrons. The predicted octanol–water partition coefficient (Wildman–Crippen LogP) is 2.35. The van der Waals surface area contributed by atoms with E-state index in [2.05, 4.69) is 5.32 Å². The average molecular weight is 300 g/mol. The lowest BCUT2D eigenvalue weighted by molar-refractivity contribution is 0.0744. The molecule has 1 atom stereocenters. The number of phenols is 1. The van der Waals surface area contributed by atoms with Crippen molar-refractivity contribution in [3.05, 3.63) is 17.7 Å². The summed E-state index contributed by atoms with van der Waals surface area (Å²) in [7, 11) is 0. The number of carbonyl (C=O) groups is 1. The zero-order valence-corrected chi connectivity index (χ0v) is 12.5. The Morgan fingerprint density at radius 3 is 2.86 bits per heavy atom. The summed E-state index contributed by atoms with van der Waals surface area (Å²) in [4.78, 5) is 15.0. The minimum absolute atomic E-state index is 0.0782. The summed E-state index contributed by atoms with van der Waals surface area (Å²) in [6.07, 6.45) is 5.88. The molecule has 1 aromatic rings. The summed E-state index contributed by atoms with van der Waals surface area (Å²) in [6.45, 7) is 1.65. The average Bonchev–Trinajstić information content (AvgIpc) is 3.39. The highest BCUT2D eigenvalue weighted by atomic mass is 16.5. The lowest BCUT2D eigenvalue weighted by Gasteiger charge is -2.21. The van der Waals surface area contributed by atoms with Gasteiger partial charge >= 0.3 is 0 Å². The van der Waals surface area contributed by atoms with Crippen molar-refractivity contribution in [2.24, 2.45) is 5.41 Å². The minimum Gasteiger partial charge on any atom is -0.504 e. The normalized spacial score (nSPS) is 27.9. The Morgan fingerprint density at radius 2 is 2.14 bits per heavy atom. The molecule has 5 nitrogen and oxygen atoms in total. The van der Waals surface area contributed by atoms with Gasteiger partial charge in [-0.3, -0.25) is 4.79 Å². The summed E-state index contributed by atoms with van der Waals surface area (Å²) >= 11 is 0. The molecule has 1 spiro atoms. The van der Waals surface area contributed by atoms with Crippen LogP contribution >= 0.6 is 0 Å². The number of nitrogens with one attached hydrogen (secondary N) is 1. The number of rotatable bonds is 2. The van der Waals surface area contributed by atoms with Crippen molar-refractivity contribution in [2.75, 3.05) is 18.4 Å². The van der Waals surface area contributed by atoms with Gasteiger partial charge in [-0.15, -0.1) is 0 Å². The topological polar surface area (TPSA) is 61.8 Å². The number of ether oxygens (including phenoxy) is 1. The van der Waals surface area contributed by atoms with Crippen LogP contribution in [-0.4, -0.2) is 41.1 Å². The molecule has 4 aliphatic rings. The summed E-state index contributed by atoms with van der Waals surface area (Å²) in [6, 6.07) is 3.64. The van der Waals surface area contributed by atoms with Crippen molar-refractivity contribution < 1.29 is 14.6 Å². The highest BCUT2D eigenvalue weighted by molar-refractivity contribution is 6.01. The van der Waals surface area contributed by atoms with Crippen molar-refractivity contribution in [3.63, 3.8) is 0 Å². The molecule has 5 rings (SSSR count). The molecule has 1 aromatic carbocycles. The quantitative estimate of drug-likeness (QED) is 0.880. The fourth-order valence-corrected chi connectivity index (χ4v) is 3.86. The van der Waals surface area contributed by atoms with Gasteiger partial charge < -0.3 is 20.1 Å². The number of nitrogens with zero attached hydrogens (tertiary/aromatic N) is 1. The fourth-order valence-electron chi connectivity index (χ4n) is 3.86. The highest BCUT2D eigenvalue weighted by Gasteiger charge is 2.53. The number of fused-ring (bicyclic) bond motifs is 2. The van der Waals surface area contributed by atoms with Gasteiger partial charge in [-0.1, -0.05) is 0 Å². The van der Waals surface area contributed by atoms with Crippen LogP contribution in [0, 0.1) is 5.41 Å². The Kier molecular flexibility index (Phi) is 2.34. The number of hydrogen-bond acceptors (Lipinski definition) is 4. The summed E-state index contributed by atoms with van der Waals surface area (Å²) in [5, 5.41) is 13.5. The maximum Gasteiger partial charge on any atom is 0.256 e. The van der Waals surface area contributed by atoms with Crippen LogP contribution in [0.5, 0.6) is 11.5 Å². The second kappa shape index (κ2) is 4.09. The number of amides is 1. The van der Waals surface area contributed by atoms with Crippen LogP contribution in [0.15, 0.2) is 12.1 Å². The van der Waals surface area contributed by atoms with Gasteiger partial charge in [0.05, 0.1) is 17.4 Å². The molecule has 1 saturated heterocycles. The van der Waals surface area contributed by atoms with E-state index >= 15 is 0 Å². The molecule has 1 amide bonds. The van der Waals surface area contributed by atoms with E-state index < -0.39 is 0 Å². The molecular formula is C17H20N2O3. The van der Waals surface area contributed by atoms with Gasteiger partial charge in [-0.25, -0.2) is 0 Å². The van der Waals surface area contributed by atoms with Gasteiger partial charge in [0.25, 0.3) is 5.91 Å². The number of carbonyl (C=O) groups excluding carboxylic acids is 1. The van der Waals surface area contributed by atoms with Crippen LogP contribution in [0.1, 0.15) is 42.5 Å². The van der Waals surface area contributed by atoms with Gasteiger partial charge in [0, 0.05) is 25.2 Å². The monoisotopic (exact) mass is 300 g/mol. The van der Waals surface area contributed by atoms with Gasteiger partial charge in [-0.05, 0) is 43.6 Å². The number of hydrogen-bond donors (Lipinski definition) is 2. The first kappa shape index (κ1) is 12.6. The van der Waals surface area contributed by atoms with Crippen LogP contribution in [0.2, 0.25) is 0 Å². The number of phenolic OH excluding ortho intramolecular Hbond substituents is 1. The van der Waals surface area contributed by atoms with E-state index in [1.54, 1.807) is 12.1 Å². The van der Waals surface area contributed by atoms with Crippen molar-refractivity contribution in [1.29, 1.82) is 0 Å². The van der Waals surface area contributed by atoms with Crippen molar-refractivity contribution >= 4 is 11.6 Å². The van der Waals surface area contributed by atoms with E-state index in [1.165, 1.54) is 12.8 Å². The van der Waals surface area contributed by atoms with E-state index in [0.717, 1.165) is 38.0 Å². The maximum absolute atomic E-state index is 12.9. The molecule has 22 heavy (non-hydrogen) atoms. The van der Waals surface area contributed by atoms with Crippen LogP contribution < -0.4 is 10.1 Å². The smallest absolute Gasteiger partial charge is 0.256 e. The van der Waals surface area contributed by atoms with Crippen LogP contribution in [0.4, 0.5) is 5.69 Å². The third-order valence-electron chi connectivity index (χ3n) is 5.51. The maximum atomic E-state index is 12.9. The van der Waals surface area contributed by atoms with Crippen LogP contribution in [-0.2, 0) is 0 Å². The Labute approximate surface area is 129 Å². The molecule has 2 heterocycles. The van der Waals surface area contributed by atoms with Crippen molar-refractivity contribution in [3.8, 4) is 11.5 Å². The van der Waals surface area contributed by atoms with Gasteiger partial charge in [-0.2, -0.15) is 0 Å². The molecule has 2 aliphatic heterocycles. The number of aromatic hydroxyl groups is 1. The Bertz CT molecular complexity index is 664. The standard InChI is InChI=1S/C17H20N2O3/c20-14-6-13-12(5-15(14)22-11-1-2-11)16(21)19-9-17(3-4-17)7-10(19)8-18-13/h5-6,10-11,18,20H,1-4,7-9H2/t10-/m0/s1. The first-order chi connectivity index (χ1) is 10.6. The van der Waals surface area contributed by atoms with E-state index in [4.69, 9.17) is 4.74 Å². The molecule has 116 valence electrons. The Balaban J connectivity index is 1.51. The molecule has 0 bridgehead atoms. The van der Waals surface area contributed by atoms with E-state index in [0.29, 0.717) is 16.7 Å². The predicted molar refractivity (Wildman–Crippen MR) is 81.4 cm³/mol. The van der Waals surface area contributed by atoms with Crippen LogP contribution in [0.25, 0.3) is 0 Å². The van der Waals surface area contributed by atoms with Crippen LogP contribution in [0.3, 0.4) is 0 Å². The SMILES string of the molecule is O=C1c2cc(OC3CC3)c(O)cc2NC[C@@H]2CC3(CC3)CN12. The summed E-state index contributed by atoms with van der Waals surface area (Å²) < 4.78 is 5.73. The zero-order chi connectivity index (χ0) is 14.9. The van der Waals surface area contributed by atoms with Crippen molar-refractivity contribution in [2.45, 2.75) is 44.2 Å². The minimum atomic E-state index is 0.0782. The molecule has 2 aliphatic carbocycles. The summed E-state index contributed by atoms with van der Waals surface area (Å²) in [5.41, 5.74) is 1.77. The molecule has 3 fully saturated rings. The first-order valence-corrected chi connectivity index (χ1v) is 8.22. The first-order valence-electron chi connectivity index (χ1n) is 8.22. The van der Waals surface area contributed by atoms with Crippen molar-refractivity contribution in [1.82, 2.24) is 4.90 Å². The second-order valence-electron chi connectivity index (χ2n) is 7.35. The van der Waals surface area contributed by atoms with E-state index in [-0.39, 0.29) is 23.8 Å². The van der Waals surface area contributed by atoms with E-state index in [9.17, 15) is 9.90 Å². The van der Waals surface area contributed by atoms with Gasteiger partial charge in [0.15, 0.2) is 11.5 Å². The Morgan fingerprint density at radius 1 is 1.32 bits per heavy atom. The number of benzene rings is 1. The summed E-state index contributed by atoms with van der Waals surface area (Å²) in [5.74, 6) is 0.635. The third kappa shape index (κ3) is 1.87. The van der Waals surface area contributed by atoms with Gasteiger partial charge in [0.1, 0.15) is 0 Å². The molecule has 0 aromatic heterocycles. The number of anilines is 1. The largest absolute Gasteiger partial charge is 0.504 e. The lowest BCUT2D eigenvalue weighted by atomic mass is 10.0. The fraction of sp³-hybridized carbons (Fsp3) is 0.588. The van der Waals surface area contributed by atoms with Gasteiger partial charge in [0.2, 0.25) is 0 Å². The third-order valence-corrected chi connectivity index (χ3v) is 5.51. The van der Waals surface area contributed by atoms with E-state index in [1.807, 2.05) is 4.90 Å². The molecule has 2 N–H and O–H groups in total. The second-order valence-corrected chi connectivity index (χ2v) is 7.35. The lowest BCUT2D eigenvalue weighted by Crippen LogP contribution is -2.37. The highest BCUT2D eigenvalue weighted by Crippen LogP contribution is 2.55. The zero-order valence-electron chi connectivity index (χ0n) is 12.5. The molecule has 0 unspecified atom stereocenters. The molecular weight excluding hydrogens is 280 g/mol. The molecule has 5 heteroatoms. The Hall–Kier alpha value is -1.91.